The van der Waals surface area contributed by atoms with E-state index in [9.17, 15) is 9.59 Å². The Morgan fingerprint density at radius 1 is 1.12 bits per heavy atom. The number of aromatic nitrogens is 2. The van der Waals surface area contributed by atoms with Crippen LogP contribution < -0.4 is 19.6 Å². The van der Waals surface area contributed by atoms with Crippen LogP contribution in [0.3, 0.4) is 0 Å². The summed E-state index contributed by atoms with van der Waals surface area (Å²) in [5.74, 6) is 0.197. The molecule has 2 aromatic heterocycles. The Balaban J connectivity index is 1.74. The smallest absolute Gasteiger partial charge is 0.338 e. The number of nitrogens with zero attached hydrogens (tertiary/aromatic N) is 3. The second-order valence-corrected chi connectivity index (χ2v) is 12.2. The van der Waals surface area contributed by atoms with E-state index >= 15 is 0 Å². The second-order valence-electron chi connectivity index (χ2n) is 10.3. The van der Waals surface area contributed by atoms with Gasteiger partial charge >= 0.3 is 5.97 Å². The first kappa shape index (κ1) is 29.8. The molecule has 0 N–H and O–H groups in total. The van der Waals surface area contributed by atoms with Crippen LogP contribution in [0.25, 0.3) is 11.8 Å². The Labute approximate surface area is 257 Å². The van der Waals surface area contributed by atoms with Gasteiger partial charge in [-0.1, -0.05) is 42.9 Å². The molecule has 0 amide bonds. The molecular weight excluding hydrogens is 614 g/mol. The number of thiazole rings is 1. The standard InChI is InChI=1S/C33H34BrN3O4S/c1-7-10-26-29(32(39)41-8-2)30(22-13-14-27(40-6)25(34)17-22)37-31(38)28(42-33(37)35-26)18-23-16-20(4)36(21(23)5)24-12-9-11-19(3)15-24/h9,11-18,30H,7-8,10H2,1-6H3/b28-18+/t30-/m0/s1. The lowest BCUT2D eigenvalue weighted by Crippen LogP contribution is -2.40. The number of esters is 1. The SMILES string of the molecule is CCCC1=C(C(=O)OCC)[C@H](c2ccc(OC)c(Br)c2)n2c(s/c(=C/c3cc(C)n(-c4cccc(C)c4)c3C)c2=O)=N1. The predicted octanol–water partition coefficient (Wildman–Crippen LogP) is 6.07. The molecular formula is C33H34BrN3O4S. The van der Waals surface area contributed by atoms with E-state index < -0.39 is 12.0 Å². The van der Waals surface area contributed by atoms with Gasteiger partial charge in [0.15, 0.2) is 4.80 Å². The summed E-state index contributed by atoms with van der Waals surface area (Å²) in [6.07, 6.45) is 3.32. The summed E-state index contributed by atoms with van der Waals surface area (Å²) in [7, 11) is 1.60. The number of allylic oxidation sites excluding steroid dienone is 1. The summed E-state index contributed by atoms with van der Waals surface area (Å²) in [4.78, 5) is 33.1. The van der Waals surface area contributed by atoms with Gasteiger partial charge in [-0.15, -0.1) is 0 Å². The molecule has 0 bridgehead atoms. The Morgan fingerprint density at radius 2 is 1.90 bits per heavy atom. The highest BCUT2D eigenvalue weighted by atomic mass is 79.9. The third kappa shape index (κ3) is 5.43. The number of methoxy groups -OCH3 is 1. The number of hydrogen-bond donors (Lipinski definition) is 0. The molecule has 1 atom stereocenters. The van der Waals surface area contributed by atoms with Gasteiger partial charge in [0.05, 0.1) is 40.0 Å². The molecule has 0 saturated carbocycles. The number of carbonyl (C=O) groups excluding carboxylic acids is 1. The number of halogens is 1. The fourth-order valence-electron chi connectivity index (χ4n) is 5.53. The number of benzene rings is 2. The van der Waals surface area contributed by atoms with Gasteiger partial charge < -0.3 is 14.0 Å². The van der Waals surface area contributed by atoms with E-state index in [0.29, 0.717) is 32.8 Å². The largest absolute Gasteiger partial charge is 0.496 e. The van der Waals surface area contributed by atoms with Crippen LogP contribution in [0.1, 0.15) is 60.8 Å². The minimum atomic E-state index is -0.689. The second kappa shape index (κ2) is 12.3. The number of fused-ring (bicyclic) bond motifs is 1. The lowest BCUT2D eigenvalue weighted by Gasteiger charge is -2.26. The highest BCUT2D eigenvalue weighted by molar-refractivity contribution is 9.10. The summed E-state index contributed by atoms with van der Waals surface area (Å²) in [6.45, 7) is 10.3. The molecule has 0 unspecified atom stereocenters. The Hall–Kier alpha value is -3.69. The topological polar surface area (TPSA) is 74.8 Å². The van der Waals surface area contributed by atoms with Gasteiger partial charge in [-0.25, -0.2) is 9.79 Å². The first-order chi connectivity index (χ1) is 20.2. The first-order valence-corrected chi connectivity index (χ1v) is 15.6. The van der Waals surface area contributed by atoms with E-state index in [4.69, 9.17) is 14.5 Å². The molecule has 7 nitrogen and oxygen atoms in total. The number of aryl methyl sites for hydroxylation is 2. The fourth-order valence-corrected chi connectivity index (χ4v) is 7.10. The monoisotopic (exact) mass is 647 g/mol. The summed E-state index contributed by atoms with van der Waals surface area (Å²) in [5, 5.41) is 0. The number of hydrogen-bond acceptors (Lipinski definition) is 6. The van der Waals surface area contributed by atoms with Crippen LogP contribution >= 0.6 is 27.3 Å². The first-order valence-electron chi connectivity index (χ1n) is 14.0. The molecule has 42 heavy (non-hydrogen) atoms. The minimum absolute atomic E-state index is 0.201. The Kier molecular flexibility index (Phi) is 8.70. The number of carbonyl (C=O) groups is 1. The third-order valence-electron chi connectivity index (χ3n) is 7.40. The zero-order chi connectivity index (χ0) is 30.1. The summed E-state index contributed by atoms with van der Waals surface area (Å²) in [6, 6.07) is 15.4. The maximum Gasteiger partial charge on any atom is 0.338 e. The van der Waals surface area contributed by atoms with Crippen molar-refractivity contribution in [1.29, 1.82) is 0 Å². The molecule has 5 rings (SSSR count). The van der Waals surface area contributed by atoms with Crippen molar-refractivity contribution < 1.29 is 14.3 Å². The van der Waals surface area contributed by atoms with Crippen LogP contribution in [0.5, 0.6) is 5.75 Å². The van der Waals surface area contributed by atoms with E-state index in [2.05, 4.69) is 65.5 Å². The van der Waals surface area contributed by atoms with Gasteiger partial charge in [0, 0.05) is 17.1 Å². The molecule has 0 saturated heterocycles. The van der Waals surface area contributed by atoms with Crippen LogP contribution in [0.4, 0.5) is 0 Å². The van der Waals surface area contributed by atoms with E-state index in [1.54, 1.807) is 18.6 Å². The van der Waals surface area contributed by atoms with Crippen LogP contribution in [0, 0.1) is 20.8 Å². The maximum atomic E-state index is 14.2. The van der Waals surface area contributed by atoms with Gasteiger partial charge in [0.2, 0.25) is 0 Å². The molecule has 1 aliphatic rings. The van der Waals surface area contributed by atoms with Crippen molar-refractivity contribution in [3.8, 4) is 11.4 Å². The molecule has 3 heterocycles. The molecule has 9 heteroatoms. The summed E-state index contributed by atoms with van der Waals surface area (Å²) < 4.78 is 16.1. The number of ether oxygens (including phenoxy) is 2. The van der Waals surface area contributed by atoms with E-state index in [0.717, 1.165) is 39.1 Å². The average Bonchev–Trinajstić information content (AvgIpc) is 3.41. The lowest BCUT2D eigenvalue weighted by atomic mass is 9.94. The van der Waals surface area contributed by atoms with Gasteiger partial charge in [-0.05, 0) is 103 Å². The Bertz CT molecular complexity index is 1900. The van der Waals surface area contributed by atoms with E-state index in [1.165, 1.54) is 16.9 Å². The molecule has 4 aromatic rings. The van der Waals surface area contributed by atoms with Crippen molar-refractivity contribution in [2.45, 2.75) is 53.5 Å². The molecule has 0 spiro atoms. The minimum Gasteiger partial charge on any atom is -0.496 e. The van der Waals surface area contributed by atoms with E-state index in [1.807, 2.05) is 37.3 Å². The van der Waals surface area contributed by atoms with Crippen molar-refractivity contribution in [2.75, 3.05) is 13.7 Å². The zero-order valence-electron chi connectivity index (χ0n) is 24.7. The van der Waals surface area contributed by atoms with Crippen molar-refractivity contribution in [3.05, 3.63) is 112 Å². The summed E-state index contributed by atoms with van der Waals surface area (Å²) in [5.41, 5.74) is 6.95. The molecule has 2 aromatic carbocycles. The molecule has 0 fully saturated rings. The maximum absolute atomic E-state index is 14.2. The fraction of sp³-hybridized carbons (Fsp3) is 0.303. The van der Waals surface area contributed by atoms with Crippen LogP contribution in [0.15, 0.2) is 74.1 Å². The van der Waals surface area contributed by atoms with Gasteiger partial charge in [0.25, 0.3) is 5.56 Å². The van der Waals surface area contributed by atoms with E-state index in [-0.39, 0.29) is 12.2 Å². The average molecular weight is 649 g/mol. The van der Waals surface area contributed by atoms with Crippen molar-refractivity contribution >= 4 is 39.3 Å². The van der Waals surface area contributed by atoms with Crippen molar-refractivity contribution in [2.24, 2.45) is 4.99 Å². The molecule has 0 radical (unpaired) electrons. The van der Waals surface area contributed by atoms with Gasteiger partial charge in [-0.2, -0.15) is 0 Å². The van der Waals surface area contributed by atoms with Crippen LogP contribution in [0.2, 0.25) is 0 Å². The summed E-state index contributed by atoms with van der Waals surface area (Å²) >= 11 is 4.92. The van der Waals surface area contributed by atoms with Gasteiger partial charge in [0.1, 0.15) is 5.75 Å². The normalized spacial score (nSPS) is 15.0. The third-order valence-corrected chi connectivity index (χ3v) is 9.00. The highest BCUT2D eigenvalue weighted by Crippen LogP contribution is 2.36. The van der Waals surface area contributed by atoms with Crippen LogP contribution in [-0.4, -0.2) is 28.8 Å². The molecule has 1 aliphatic heterocycles. The predicted molar refractivity (Wildman–Crippen MR) is 170 cm³/mol. The Morgan fingerprint density at radius 3 is 2.57 bits per heavy atom. The number of rotatable bonds is 8. The van der Waals surface area contributed by atoms with Crippen molar-refractivity contribution in [1.82, 2.24) is 9.13 Å². The zero-order valence-corrected chi connectivity index (χ0v) is 27.1. The molecule has 0 aliphatic carbocycles. The lowest BCUT2D eigenvalue weighted by molar-refractivity contribution is -0.139. The van der Waals surface area contributed by atoms with Crippen LogP contribution in [-0.2, 0) is 9.53 Å². The van der Waals surface area contributed by atoms with Gasteiger partial charge in [-0.3, -0.25) is 9.36 Å². The van der Waals surface area contributed by atoms with Crippen molar-refractivity contribution in [3.63, 3.8) is 0 Å². The quantitative estimate of drug-likeness (QED) is 0.218. The highest BCUT2D eigenvalue weighted by Gasteiger charge is 2.34. The molecule has 218 valence electrons.